The molecular weight excluding hydrogens is 210 g/mol. The predicted molar refractivity (Wildman–Crippen MR) is 64.3 cm³/mol. The highest BCUT2D eigenvalue weighted by Crippen LogP contribution is 2.04. The number of hydrogen-bond acceptors (Lipinski definition) is 2. The summed E-state index contributed by atoms with van der Waals surface area (Å²) in [6.07, 6.45) is 3.84. The van der Waals surface area contributed by atoms with Gasteiger partial charge in [0.05, 0.1) is 0 Å². The van der Waals surface area contributed by atoms with E-state index in [9.17, 15) is 0 Å². The van der Waals surface area contributed by atoms with Gasteiger partial charge in [0.25, 0.3) is 0 Å². The van der Waals surface area contributed by atoms with Crippen LogP contribution in [0.15, 0.2) is 12.4 Å². The molecule has 0 saturated heterocycles. The Morgan fingerprint density at radius 1 is 1.53 bits per heavy atom. The first-order valence-corrected chi connectivity index (χ1v) is 5.95. The van der Waals surface area contributed by atoms with E-state index >= 15 is 0 Å². The Morgan fingerprint density at radius 2 is 2.27 bits per heavy atom. The van der Waals surface area contributed by atoms with E-state index in [1.54, 1.807) is 0 Å². The van der Waals surface area contributed by atoms with Gasteiger partial charge in [0.15, 0.2) is 0 Å². The molecule has 0 fully saturated rings. The van der Waals surface area contributed by atoms with Crippen molar-refractivity contribution in [2.24, 2.45) is 5.92 Å². The number of nitrogens with one attached hydrogen (secondary N) is 1. The summed E-state index contributed by atoms with van der Waals surface area (Å²) in [5.41, 5.74) is 0. The maximum Gasteiger partial charge on any atom is 0.105 e. The molecule has 0 aliphatic rings. The quantitative estimate of drug-likeness (QED) is 0.757. The summed E-state index contributed by atoms with van der Waals surface area (Å²) in [7, 11) is 0. The summed E-state index contributed by atoms with van der Waals surface area (Å²) in [6, 6.07) is 0.464. The molecule has 1 N–H and O–H groups in total. The zero-order valence-corrected chi connectivity index (χ0v) is 10.5. The molecule has 4 heteroatoms. The largest absolute Gasteiger partial charge is 0.334 e. The Morgan fingerprint density at radius 3 is 2.80 bits per heavy atom. The van der Waals surface area contributed by atoms with Crippen molar-refractivity contribution in [1.82, 2.24) is 14.9 Å². The minimum Gasteiger partial charge on any atom is -0.334 e. The van der Waals surface area contributed by atoms with Crippen molar-refractivity contribution < 1.29 is 0 Å². The van der Waals surface area contributed by atoms with Crippen LogP contribution in [0, 0.1) is 12.8 Å². The Kier molecular flexibility index (Phi) is 5.12. The van der Waals surface area contributed by atoms with Gasteiger partial charge >= 0.3 is 0 Å². The Labute approximate surface area is 96.8 Å². The van der Waals surface area contributed by atoms with Crippen molar-refractivity contribution in [1.29, 1.82) is 0 Å². The normalized spacial score (nSPS) is 15.2. The summed E-state index contributed by atoms with van der Waals surface area (Å²) in [4.78, 5) is 4.18. The van der Waals surface area contributed by atoms with Crippen LogP contribution in [0.2, 0.25) is 0 Å². The zero-order valence-electron chi connectivity index (χ0n) is 9.70. The van der Waals surface area contributed by atoms with E-state index < -0.39 is 0 Å². The van der Waals surface area contributed by atoms with Gasteiger partial charge in [0.2, 0.25) is 0 Å². The summed E-state index contributed by atoms with van der Waals surface area (Å²) in [5.74, 6) is 2.28. The fourth-order valence-corrected chi connectivity index (χ4v) is 1.65. The number of nitrogens with zero attached hydrogens (tertiary/aromatic N) is 2. The van der Waals surface area contributed by atoms with Crippen molar-refractivity contribution in [3.8, 4) is 0 Å². The van der Waals surface area contributed by atoms with Crippen LogP contribution in [0.3, 0.4) is 0 Å². The third-order valence-electron chi connectivity index (χ3n) is 2.84. The molecule has 1 aromatic heterocycles. The van der Waals surface area contributed by atoms with Gasteiger partial charge in [0, 0.05) is 37.4 Å². The van der Waals surface area contributed by atoms with Crippen molar-refractivity contribution >= 4 is 11.6 Å². The standard InChI is InChI=1S/C11H20ClN3/c1-9(8-12)10(2)13-4-6-15-7-5-14-11(15)3/h5,7,9-10,13H,4,6,8H2,1-3H3. The molecule has 15 heavy (non-hydrogen) atoms. The lowest BCUT2D eigenvalue weighted by molar-refractivity contribution is 0.419. The highest BCUT2D eigenvalue weighted by atomic mass is 35.5. The number of aryl methyl sites for hydroxylation is 1. The van der Waals surface area contributed by atoms with Crippen LogP contribution in [0.1, 0.15) is 19.7 Å². The number of aromatic nitrogens is 2. The van der Waals surface area contributed by atoms with Gasteiger partial charge < -0.3 is 9.88 Å². The first-order chi connectivity index (χ1) is 7.15. The Hall–Kier alpha value is -0.540. The smallest absolute Gasteiger partial charge is 0.105 e. The van der Waals surface area contributed by atoms with Crippen molar-refractivity contribution in [3.05, 3.63) is 18.2 Å². The lowest BCUT2D eigenvalue weighted by Crippen LogP contribution is -2.35. The molecule has 3 nitrogen and oxygen atoms in total. The van der Waals surface area contributed by atoms with Crippen LogP contribution in [-0.4, -0.2) is 28.0 Å². The molecule has 0 bridgehead atoms. The SMILES string of the molecule is Cc1nccn1CCNC(C)C(C)CCl. The topological polar surface area (TPSA) is 29.9 Å². The second-order valence-electron chi connectivity index (χ2n) is 4.04. The summed E-state index contributed by atoms with van der Waals surface area (Å²) >= 11 is 5.80. The lowest BCUT2D eigenvalue weighted by Gasteiger charge is -2.19. The number of imidazole rings is 1. The van der Waals surface area contributed by atoms with Gasteiger partial charge in [-0.2, -0.15) is 0 Å². The molecule has 1 aromatic rings. The van der Waals surface area contributed by atoms with Crippen LogP contribution >= 0.6 is 11.6 Å². The van der Waals surface area contributed by atoms with Gasteiger partial charge in [-0.1, -0.05) is 6.92 Å². The molecule has 1 heterocycles. The first kappa shape index (κ1) is 12.5. The third kappa shape index (κ3) is 3.84. The number of halogens is 1. The van der Waals surface area contributed by atoms with Gasteiger partial charge in [-0.25, -0.2) is 4.98 Å². The van der Waals surface area contributed by atoms with Crippen LogP contribution in [0.5, 0.6) is 0 Å². The number of rotatable bonds is 6. The average Bonchev–Trinajstić information content (AvgIpc) is 2.63. The van der Waals surface area contributed by atoms with Crippen molar-refractivity contribution in [2.45, 2.75) is 33.4 Å². The molecule has 2 atom stereocenters. The minimum atomic E-state index is 0.464. The van der Waals surface area contributed by atoms with Gasteiger partial charge in [-0.3, -0.25) is 0 Å². The van der Waals surface area contributed by atoms with Crippen LogP contribution in [-0.2, 0) is 6.54 Å². The van der Waals surface area contributed by atoms with Crippen molar-refractivity contribution in [3.63, 3.8) is 0 Å². The molecule has 86 valence electrons. The predicted octanol–water partition coefficient (Wildman–Crippen LogP) is 2.04. The summed E-state index contributed by atoms with van der Waals surface area (Å²) < 4.78 is 2.14. The van der Waals surface area contributed by atoms with Crippen LogP contribution < -0.4 is 5.32 Å². The van der Waals surface area contributed by atoms with Crippen LogP contribution in [0.25, 0.3) is 0 Å². The average molecular weight is 230 g/mol. The third-order valence-corrected chi connectivity index (χ3v) is 3.33. The van der Waals surface area contributed by atoms with E-state index in [1.165, 1.54) is 0 Å². The van der Waals surface area contributed by atoms with Gasteiger partial charge in [-0.05, 0) is 19.8 Å². The molecule has 0 spiro atoms. The Bertz CT molecular complexity index is 285. The van der Waals surface area contributed by atoms with Crippen LogP contribution in [0.4, 0.5) is 0 Å². The van der Waals surface area contributed by atoms with E-state index in [0.29, 0.717) is 17.8 Å². The van der Waals surface area contributed by atoms with E-state index in [1.807, 2.05) is 19.3 Å². The monoisotopic (exact) mass is 229 g/mol. The number of hydrogen-bond donors (Lipinski definition) is 1. The first-order valence-electron chi connectivity index (χ1n) is 5.42. The molecule has 0 aliphatic carbocycles. The van der Waals surface area contributed by atoms with Gasteiger partial charge in [0.1, 0.15) is 5.82 Å². The summed E-state index contributed by atoms with van der Waals surface area (Å²) in [5, 5.41) is 3.47. The highest BCUT2D eigenvalue weighted by Gasteiger charge is 2.09. The lowest BCUT2D eigenvalue weighted by atomic mass is 10.1. The molecule has 0 amide bonds. The van der Waals surface area contributed by atoms with E-state index in [2.05, 4.69) is 28.7 Å². The highest BCUT2D eigenvalue weighted by molar-refractivity contribution is 6.18. The molecule has 0 aliphatic heterocycles. The fourth-order valence-electron chi connectivity index (χ4n) is 1.39. The number of alkyl halides is 1. The zero-order chi connectivity index (χ0) is 11.3. The molecule has 1 rings (SSSR count). The summed E-state index contributed by atoms with van der Waals surface area (Å²) in [6.45, 7) is 8.27. The second-order valence-corrected chi connectivity index (χ2v) is 4.35. The molecule has 0 aromatic carbocycles. The van der Waals surface area contributed by atoms with E-state index in [4.69, 9.17) is 11.6 Å². The van der Waals surface area contributed by atoms with Gasteiger partial charge in [-0.15, -0.1) is 11.6 Å². The fraction of sp³-hybridized carbons (Fsp3) is 0.727. The molecular formula is C11H20ClN3. The Balaban J connectivity index is 2.25. The second kappa shape index (κ2) is 6.13. The molecule has 0 radical (unpaired) electrons. The molecule has 0 saturated carbocycles. The van der Waals surface area contributed by atoms with E-state index in [0.717, 1.165) is 18.9 Å². The van der Waals surface area contributed by atoms with E-state index in [-0.39, 0.29) is 0 Å². The molecule has 2 unspecified atom stereocenters. The van der Waals surface area contributed by atoms with Crippen molar-refractivity contribution in [2.75, 3.05) is 12.4 Å². The maximum atomic E-state index is 5.80. The minimum absolute atomic E-state index is 0.464. The maximum absolute atomic E-state index is 5.80.